The maximum atomic E-state index is 11.7. The second-order valence-corrected chi connectivity index (χ2v) is 5.15. The largest absolute Gasteiger partial charge is 0.313 e. The first-order chi connectivity index (χ1) is 7.78. The van der Waals surface area contributed by atoms with Gasteiger partial charge in [-0.2, -0.15) is 0 Å². The molecule has 0 aromatic carbocycles. The van der Waals surface area contributed by atoms with Crippen LogP contribution in [0.15, 0.2) is 6.20 Å². The van der Waals surface area contributed by atoms with Crippen molar-refractivity contribution in [2.24, 2.45) is 0 Å². The Balaban J connectivity index is 0.00000144. The summed E-state index contributed by atoms with van der Waals surface area (Å²) in [5.41, 5.74) is 0. The Morgan fingerprint density at radius 1 is 1.71 bits per heavy atom. The van der Waals surface area contributed by atoms with Gasteiger partial charge in [-0.25, -0.2) is 4.98 Å². The molecule has 1 aliphatic rings. The maximum Gasteiger partial charge on any atom is 0.227 e. The van der Waals surface area contributed by atoms with Crippen LogP contribution < -0.4 is 10.6 Å². The molecule has 1 unspecified atom stereocenters. The first-order valence-electron chi connectivity index (χ1n) is 5.76. The maximum absolute atomic E-state index is 11.7. The fourth-order valence-corrected chi connectivity index (χ4v) is 2.62. The van der Waals surface area contributed by atoms with Crippen LogP contribution in [0.25, 0.3) is 0 Å². The molecular formula is C11H18ClN3OS. The topological polar surface area (TPSA) is 54.0 Å². The summed E-state index contributed by atoms with van der Waals surface area (Å²) in [4.78, 5) is 17.1. The Kier molecular flexibility index (Phi) is 5.88. The Labute approximate surface area is 112 Å². The molecule has 2 rings (SSSR count). The molecule has 0 radical (unpaired) electrons. The number of aryl methyl sites for hydroxylation is 1. The van der Waals surface area contributed by atoms with Gasteiger partial charge in [0, 0.05) is 23.5 Å². The lowest BCUT2D eigenvalue weighted by Crippen LogP contribution is -2.27. The third-order valence-corrected chi connectivity index (χ3v) is 3.80. The average Bonchev–Trinajstić information content (AvgIpc) is 2.89. The molecule has 1 atom stereocenters. The Hall–Kier alpha value is -0.650. The zero-order chi connectivity index (χ0) is 11.4. The molecule has 2 heterocycles. The lowest BCUT2D eigenvalue weighted by molar-refractivity contribution is -0.116. The van der Waals surface area contributed by atoms with Crippen LogP contribution >= 0.6 is 23.7 Å². The number of nitrogens with zero attached hydrogens (tertiary/aromatic N) is 1. The van der Waals surface area contributed by atoms with Gasteiger partial charge in [-0.3, -0.25) is 4.79 Å². The van der Waals surface area contributed by atoms with Gasteiger partial charge in [-0.15, -0.1) is 23.7 Å². The van der Waals surface area contributed by atoms with Gasteiger partial charge in [-0.1, -0.05) is 6.92 Å². The second kappa shape index (κ2) is 6.93. The number of hydrogen-bond donors (Lipinski definition) is 2. The van der Waals surface area contributed by atoms with Crippen molar-refractivity contribution in [1.29, 1.82) is 0 Å². The summed E-state index contributed by atoms with van der Waals surface area (Å²) >= 11 is 1.56. The standard InChI is InChI=1S/C11H17N3OS.ClH/c1-2-9-7-13-11(16-9)14-10(15)6-8-4-3-5-12-8;/h7-8,12H,2-6H2,1H3,(H,13,14,15);1H. The molecule has 0 saturated carbocycles. The first-order valence-corrected chi connectivity index (χ1v) is 6.57. The molecule has 6 heteroatoms. The smallest absolute Gasteiger partial charge is 0.227 e. The number of carbonyl (C=O) groups is 1. The predicted molar refractivity (Wildman–Crippen MR) is 73.0 cm³/mol. The van der Waals surface area contributed by atoms with Crippen LogP contribution in [0.2, 0.25) is 0 Å². The van der Waals surface area contributed by atoms with E-state index in [1.165, 1.54) is 11.3 Å². The van der Waals surface area contributed by atoms with Gasteiger partial charge >= 0.3 is 0 Å². The number of rotatable bonds is 4. The predicted octanol–water partition coefficient (Wildman–Crippen LogP) is 2.21. The molecule has 96 valence electrons. The van der Waals surface area contributed by atoms with Crippen LogP contribution in [0, 0.1) is 0 Å². The molecule has 1 aromatic heterocycles. The third kappa shape index (κ3) is 4.26. The summed E-state index contributed by atoms with van der Waals surface area (Å²) in [5.74, 6) is 0.0661. The minimum Gasteiger partial charge on any atom is -0.313 e. The number of carbonyl (C=O) groups excluding carboxylic acids is 1. The van der Waals surface area contributed by atoms with Crippen LogP contribution in [-0.4, -0.2) is 23.5 Å². The summed E-state index contributed by atoms with van der Waals surface area (Å²) in [5, 5.41) is 6.89. The van der Waals surface area contributed by atoms with E-state index in [1.807, 2.05) is 6.20 Å². The van der Waals surface area contributed by atoms with E-state index in [2.05, 4.69) is 22.5 Å². The normalized spacial score (nSPS) is 18.8. The molecule has 1 aromatic rings. The molecular weight excluding hydrogens is 258 g/mol. The molecule has 0 bridgehead atoms. The Morgan fingerprint density at radius 2 is 2.53 bits per heavy atom. The summed E-state index contributed by atoms with van der Waals surface area (Å²) < 4.78 is 0. The van der Waals surface area contributed by atoms with Gasteiger partial charge in [0.05, 0.1) is 0 Å². The van der Waals surface area contributed by atoms with Gasteiger partial charge in [0.1, 0.15) is 0 Å². The number of amides is 1. The van der Waals surface area contributed by atoms with Gasteiger partial charge in [0.25, 0.3) is 0 Å². The van der Waals surface area contributed by atoms with Crippen molar-refractivity contribution in [2.75, 3.05) is 11.9 Å². The first kappa shape index (κ1) is 14.4. The van der Waals surface area contributed by atoms with Gasteiger partial charge < -0.3 is 10.6 Å². The molecule has 1 amide bonds. The van der Waals surface area contributed by atoms with E-state index in [1.54, 1.807) is 11.3 Å². The van der Waals surface area contributed by atoms with E-state index in [0.717, 1.165) is 24.5 Å². The zero-order valence-corrected chi connectivity index (χ0v) is 11.5. The van der Waals surface area contributed by atoms with Crippen molar-refractivity contribution in [3.05, 3.63) is 11.1 Å². The fourth-order valence-electron chi connectivity index (χ4n) is 1.85. The van der Waals surface area contributed by atoms with Crippen molar-refractivity contribution >= 4 is 34.8 Å². The van der Waals surface area contributed by atoms with Crippen molar-refractivity contribution in [3.8, 4) is 0 Å². The highest BCUT2D eigenvalue weighted by atomic mass is 35.5. The lowest BCUT2D eigenvalue weighted by atomic mass is 10.1. The summed E-state index contributed by atoms with van der Waals surface area (Å²) in [7, 11) is 0. The van der Waals surface area contributed by atoms with E-state index < -0.39 is 0 Å². The SMILES string of the molecule is CCc1cnc(NC(=O)CC2CCCN2)s1.Cl. The zero-order valence-electron chi connectivity index (χ0n) is 9.86. The minimum atomic E-state index is 0. The average molecular weight is 276 g/mol. The van der Waals surface area contributed by atoms with E-state index in [9.17, 15) is 4.79 Å². The molecule has 1 fully saturated rings. The lowest BCUT2D eigenvalue weighted by Gasteiger charge is -2.08. The number of nitrogens with one attached hydrogen (secondary N) is 2. The second-order valence-electron chi connectivity index (χ2n) is 4.03. The Bertz CT molecular complexity index is 363. The Morgan fingerprint density at radius 3 is 3.12 bits per heavy atom. The number of thiazole rings is 1. The summed E-state index contributed by atoms with van der Waals surface area (Å²) in [6, 6.07) is 0.352. The highest BCUT2D eigenvalue weighted by Crippen LogP contribution is 2.19. The van der Waals surface area contributed by atoms with Gasteiger partial charge in [-0.05, 0) is 25.8 Å². The molecule has 2 N–H and O–H groups in total. The highest BCUT2D eigenvalue weighted by Gasteiger charge is 2.18. The molecule has 0 spiro atoms. The molecule has 0 aliphatic carbocycles. The highest BCUT2D eigenvalue weighted by molar-refractivity contribution is 7.15. The molecule has 1 aliphatic heterocycles. The van der Waals surface area contributed by atoms with Crippen LogP contribution in [0.3, 0.4) is 0 Å². The number of anilines is 1. The van der Waals surface area contributed by atoms with Crippen molar-refractivity contribution in [3.63, 3.8) is 0 Å². The molecule has 1 saturated heterocycles. The van der Waals surface area contributed by atoms with Crippen LogP contribution in [0.4, 0.5) is 5.13 Å². The van der Waals surface area contributed by atoms with Crippen LogP contribution in [-0.2, 0) is 11.2 Å². The summed E-state index contributed by atoms with van der Waals surface area (Å²) in [6.45, 7) is 3.12. The van der Waals surface area contributed by atoms with Crippen molar-refractivity contribution in [2.45, 2.75) is 38.6 Å². The summed E-state index contributed by atoms with van der Waals surface area (Å²) in [6.07, 6.45) is 5.63. The van der Waals surface area contributed by atoms with Crippen LogP contribution in [0.1, 0.15) is 31.1 Å². The van der Waals surface area contributed by atoms with E-state index in [-0.39, 0.29) is 18.3 Å². The fraction of sp³-hybridized carbons (Fsp3) is 0.636. The van der Waals surface area contributed by atoms with Gasteiger partial charge in [0.2, 0.25) is 5.91 Å². The van der Waals surface area contributed by atoms with E-state index in [0.29, 0.717) is 12.5 Å². The number of halogens is 1. The van der Waals surface area contributed by atoms with Crippen molar-refractivity contribution < 1.29 is 4.79 Å². The van der Waals surface area contributed by atoms with E-state index >= 15 is 0 Å². The third-order valence-electron chi connectivity index (χ3n) is 2.74. The van der Waals surface area contributed by atoms with Gasteiger partial charge in [0.15, 0.2) is 5.13 Å². The number of hydrogen-bond acceptors (Lipinski definition) is 4. The van der Waals surface area contributed by atoms with Crippen LogP contribution in [0.5, 0.6) is 0 Å². The monoisotopic (exact) mass is 275 g/mol. The minimum absolute atomic E-state index is 0. The quantitative estimate of drug-likeness (QED) is 0.886. The van der Waals surface area contributed by atoms with E-state index in [4.69, 9.17) is 0 Å². The molecule has 4 nitrogen and oxygen atoms in total. The van der Waals surface area contributed by atoms with Crippen molar-refractivity contribution in [1.82, 2.24) is 10.3 Å². The molecule has 17 heavy (non-hydrogen) atoms. The number of aromatic nitrogens is 1.